The Morgan fingerprint density at radius 2 is 1.68 bits per heavy atom. The Hall–Kier alpha value is -2.65. The predicted molar refractivity (Wildman–Crippen MR) is 87.3 cm³/mol. The van der Waals surface area contributed by atoms with E-state index in [9.17, 15) is 26.4 Å². The van der Waals surface area contributed by atoms with Gasteiger partial charge in [-0.3, -0.25) is 4.79 Å². The molecule has 0 aliphatic carbocycles. The van der Waals surface area contributed by atoms with Crippen molar-refractivity contribution in [2.24, 2.45) is 0 Å². The molecule has 0 bridgehead atoms. The fraction of sp³-hybridized carbons (Fsp3) is 0.0625. The van der Waals surface area contributed by atoms with E-state index in [2.05, 4.69) is 0 Å². The summed E-state index contributed by atoms with van der Waals surface area (Å²) in [6.45, 7) is -0.708. The van der Waals surface area contributed by atoms with Crippen LogP contribution in [0.5, 0.6) is 0 Å². The molecule has 2 aromatic carbocycles. The van der Waals surface area contributed by atoms with E-state index in [1.165, 1.54) is 6.08 Å². The van der Waals surface area contributed by atoms with Gasteiger partial charge >= 0.3 is 0 Å². The third-order valence-corrected chi connectivity index (χ3v) is 4.02. The second-order valence-corrected chi connectivity index (χ2v) is 6.50. The fourth-order valence-corrected chi connectivity index (χ4v) is 2.53. The number of hydrogen-bond acceptors (Lipinski definition) is 3. The first-order valence-corrected chi connectivity index (χ1v) is 8.49. The van der Waals surface area contributed by atoms with E-state index < -0.39 is 45.6 Å². The molecule has 0 atom stereocenters. The van der Waals surface area contributed by atoms with Gasteiger partial charge in [0.05, 0.1) is 12.2 Å². The lowest BCUT2D eigenvalue weighted by Crippen LogP contribution is -2.32. The summed E-state index contributed by atoms with van der Waals surface area (Å²) in [7, 11) is -3.91. The molecule has 25 heavy (non-hydrogen) atoms. The van der Waals surface area contributed by atoms with E-state index in [-0.39, 0.29) is 0 Å². The van der Waals surface area contributed by atoms with Crippen LogP contribution in [0.1, 0.15) is 5.56 Å². The first-order valence-electron chi connectivity index (χ1n) is 6.94. The first-order chi connectivity index (χ1) is 11.8. The number of amides is 1. The smallest absolute Gasteiger partial charge is 0.239 e. The van der Waals surface area contributed by atoms with Gasteiger partial charge in [-0.05, 0) is 23.8 Å². The number of nitrogens with one attached hydrogen (secondary N) is 2. The fourth-order valence-electron chi connectivity index (χ4n) is 1.76. The molecule has 0 spiro atoms. The van der Waals surface area contributed by atoms with E-state index in [1.807, 2.05) is 10.0 Å². The molecule has 0 aromatic heterocycles. The normalized spacial score (nSPS) is 11.6. The Kier molecular flexibility index (Phi) is 5.94. The predicted octanol–water partition coefficient (Wildman–Crippen LogP) is 2.63. The topological polar surface area (TPSA) is 75.3 Å². The summed E-state index contributed by atoms with van der Waals surface area (Å²) in [5.74, 6) is -5.65. The van der Waals surface area contributed by atoms with Crippen molar-refractivity contribution in [2.75, 3.05) is 11.9 Å². The number of benzene rings is 2. The van der Waals surface area contributed by atoms with Crippen molar-refractivity contribution in [3.05, 3.63) is 70.9 Å². The maximum atomic E-state index is 13.4. The quantitative estimate of drug-likeness (QED) is 0.768. The second-order valence-electron chi connectivity index (χ2n) is 4.85. The average molecular weight is 370 g/mol. The van der Waals surface area contributed by atoms with Crippen molar-refractivity contribution < 1.29 is 26.4 Å². The number of halogens is 3. The lowest BCUT2D eigenvalue weighted by molar-refractivity contribution is -0.115. The van der Waals surface area contributed by atoms with Crippen LogP contribution in [-0.2, 0) is 14.8 Å². The molecule has 0 saturated carbocycles. The lowest BCUT2D eigenvalue weighted by Gasteiger charge is -2.07. The number of sulfonamides is 1. The molecule has 1 amide bonds. The van der Waals surface area contributed by atoms with Crippen LogP contribution in [-0.4, -0.2) is 20.9 Å². The summed E-state index contributed by atoms with van der Waals surface area (Å²) in [6.07, 6.45) is 1.33. The third-order valence-electron chi connectivity index (χ3n) is 2.98. The molecule has 0 radical (unpaired) electrons. The van der Waals surface area contributed by atoms with Gasteiger partial charge in [-0.2, -0.15) is 0 Å². The van der Waals surface area contributed by atoms with E-state index >= 15 is 0 Å². The monoisotopic (exact) mass is 370 g/mol. The zero-order valence-corrected chi connectivity index (χ0v) is 13.5. The number of anilines is 1. The zero-order chi connectivity index (χ0) is 18.4. The average Bonchev–Trinajstić information content (AvgIpc) is 2.60. The third kappa shape index (κ3) is 5.44. The van der Waals surface area contributed by atoms with E-state index in [4.69, 9.17) is 0 Å². The van der Waals surface area contributed by atoms with Crippen LogP contribution in [0.4, 0.5) is 18.9 Å². The molecule has 9 heteroatoms. The van der Waals surface area contributed by atoms with Crippen molar-refractivity contribution >= 4 is 27.7 Å². The van der Waals surface area contributed by atoms with Crippen molar-refractivity contribution in [3.63, 3.8) is 0 Å². The zero-order valence-electron chi connectivity index (χ0n) is 12.7. The van der Waals surface area contributed by atoms with Crippen molar-refractivity contribution in [1.29, 1.82) is 0 Å². The number of carbonyl (C=O) groups excluding carboxylic acids is 1. The molecule has 0 saturated heterocycles. The summed E-state index contributed by atoms with van der Waals surface area (Å²) in [6, 6.07) is 10.1. The highest BCUT2D eigenvalue weighted by molar-refractivity contribution is 7.92. The molecule has 5 nitrogen and oxygen atoms in total. The minimum Gasteiger partial charge on any atom is -0.322 e. The van der Waals surface area contributed by atoms with Crippen LogP contribution in [0.3, 0.4) is 0 Å². The summed E-state index contributed by atoms with van der Waals surface area (Å²) in [5, 5.41) is 2.82. The largest absolute Gasteiger partial charge is 0.322 e. The molecule has 2 rings (SSSR count). The Morgan fingerprint density at radius 3 is 2.36 bits per heavy atom. The number of hydrogen-bond donors (Lipinski definition) is 2. The van der Waals surface area contributed by atoms with Crippen LogP contribution in [0.15, 0.2) is 47.9 Å². The van der Waals surface area contributed by atoms with E-state index in [0.717, 1.165) is 11.5 Å². The maximum Gasteiger partial charge on any atom is 0.239 e. The summed E-state index contributed by atoms with van der Waals surface area (Å²) in [4.78, 5) is 11.6. The van der Waals surface area contributed by atoms with Crippen molar-refractivity contribution in [1.82, 2.24) is 4.72 Å². The summed E-state index contributed by atoms with van der Waals surface area (Å²) >= 11 is 0. The maximum absolute atomic E-state index is 13.4. The molecule has 0 aliphatic heterocycles. The van der Waals surface area contributed by atoms with Crippen molar-refractivity contribution in [3.8, 4) is 0 Å². The van der Waals surface area contributed by atoms with Crippen LogP contribution in [0.25, 0.3) is 6.08 Å². The van der Waals surface area contributed by atoms with Crippen LogP contribution >= 0.6 is 0 Å². The van der Waals surface area contributed by atoms with Gasteiger partial charge in [0, 0.05) is 5.41 Å². The van der Waals surface area contributed by atoms with Gasteiger partial charge in [0.15, 0.2) is 17.5 Å². The molecule has 0 aliphatic rings. The Bertz CT molecular complexity index is 900. The van der Waals surface area contributed by atoms with Gasteiger partial charge < -0.3 is 5.32 Å². The van der Waals surface area contributed by atoms with E-state index in [1.54, 1.807) is 30.3 Å². The lowest BCUT2D eigenvalue weighted by atomic mass is 10.2. The summed E-state index contributed by atoms with van der Waals surface area (Å²) in [5.41, 5.74) is 0.0455. The molecular formula is C16H13F3N2O3S. The van der Waals surface area contributed by atoms with Gasteiger partial charge in [-0.15, -0.1) is 0 Å². The van der Waals surface area contributed by atoms with Gasteiger partial charge in [0.2, 0.25) is 15.9 Å². The summed E-state index contributed by atoms with van der Waals surface area (Å²) < 4.78 is 64.8. The highest BCUT2D eigenvalue weighted by Gasteiger charge is 2.16. The minimum absolute atomic E-state index is 0.595. The first kappa shape index (κ1) is 18.7. The SMILES string of the molecule is O=C(CNS(=O)(=O)/C=C/c1ccccc1)Nc1ccc(F)c(F)c1F. The molecule has 0 fully saturated rings. The Balaban J connectivity index is 1.95. The standard InChI is InChI=1S/C16H13F3N2O3S/c17-12-6-7-13(16(19)15(12)18)21-14(22)10-20-25(23,24)9-8-11-4-2-1-3-5-11/h1-9,20H,10H2,(H,21,22)/b9-8+. The van der Waals surface area contributed by atoms with Crippen molar-refractivity contribution in [2.45, 2.75) is 0 Å². The highest BCUT2D eigenvalue weighted by Crippen LogP contribution is 2.19. The Labute approximate surface area is 142 Å². The number of carbonyl (C=O) groups is 1. The van der Waals surface area contributed by atoms with Gasteiger partial charge in [-0.25, -0.2) is 26.3 Å². The number of rotatable bonds is 6. The molecular weight excluding hydrogens is 357 g/mol. The molecule has 2 aromatic rings. The minimum atomic E-state index is -3.91. The molecule has 132 valence electrons. The molecule has 0 heterocycles. The van der Waals surface area contributed by atoms with Gasteiger partial charge in [0.1, 0.15) is 0 Å². The van der Waals surface area contributed by atoms with E-state index in [0.29, 0.717) is 11.6 Å². The van der Waals surface area contributed by atoms with Crippen LogP contribution in [0.2, 0.25) is 0 Å². The highest BCUT2D eigenvalue weighted by atomic mass is 32.2. The van der Waals surface area contributed by atoms with Crippen LogP contribution in [0, 0.1) is 17.5 Å². The second kappa shape index (κ2) is 7.95. The molecule has 2 N–H and O–H groups in total. The molecule has 0 unspecified atom stereocenters. The Morgan fingerprint density at radius 1 is 1.00 bits per heavy atom. The van der Waals surface area contributed by atoms with Gasteiger partial charge in [-0.1, -0.05) is 30.3 Å². The van der Waals surface area contributed by atoms with Gasteiger partial charge in [0.25, 0.3) is 0 Å². The van der Waals surface area contributed by atoms with Crippen LogP contribution < -0.4 is 10.0 Å².